The van der Waals surface area contributed by atoms with Crippen molar-refractivity contribution in [2.75, 3.05) is 6.79 Å². The number of nitrogens with zero attached hydrogens (tertiary/aromatic N) is 1. The monoisotopic (exact) mass is 645 g/mol. The van der Waals surface area contributed by atoms with Crippen molar-refractivity contribution in [3.63, 3.8) is 0 Å². The van der Waals surface area contributed by atoms with Crippen LogP contribution in [0.5, 0.6) is 11.5 Å². The van der Waals surface area contributed by atoms with Crippen LogP contribution in [0.3, 0.4) is 0 Å². The first kappa shape index (κ1) is 29.8. The molecule has 1 saturated heterocycles. The molecular weight excluding hydrogens is 610 g/mol. The van der Waals surface area contributed by atoms with Crippen LogP contribution in [0, 0.1) is 0 Å². The minimum absolute atomic E-state index is 0.000937. The minimum atomic E-state index is -2.08. The van der Waals surface area contributed by atoms with E-state index in [2.05, 4.69) is 42.9 Å². The van der Waals surface area contributed by atoms with E-state index in [1.54, 1.807) is 18.2 Å². The molecule has 0 bridgehead atoms. The van der Waals surface area contributed by atoms with Gasteiger partial charge >= 0.3 is 6.09 Å². The summed E-state index contributed by atoms with van der Waals surface area (Å²) < 4.78 is 36.5. The van der Waals surface area contributed by atoms with Gasteiger partial charge in [-0.15, -0.1) is 0 Å². The van der Waals surface area contributed by atoms with E-state index in [0.717, 1.165) is 10.5 Å². The van der Waals surface area contributed by atoms with Gasteiger partial charge in [0.15, 0.2) is 25.6 Å². The lowest BCUT2D eigenvalue weighted by Gasteiger charge is -2.40. The smallest absolute Gasteiger partial charge is 0.417 e. The molecule has 2 aromatic carbocycles. The van der Waals surface area contributed by atoms with Crippen molar-refractivity contribution in [1.29, 1.82) is 0 Å². The third kappa shape index (κ3) is 6.24. The van der Waals surface area contributed by atoms with Gasteiger partial charge in [-0.1, -0.05) is 56.3 Å². The third-order valence-electron chi connectivity index (χ3n) is 7.76. The van der Waals surface area contributed by atoms with E-state index in [9.17, 15) is 9.59 Å². The van der Waals surface area contributed by atoms with Gasteiger partial charge in [0.2, 0.25) is 6.79 Å². The summed E-state index contributed by atoms with van der Waals surface area (Å²) in [5.74, 6) is -0.601. The number of amides is 2. The van der Waals surface area contributed by atoms with Crippen molar-refractivity contribution in [3.8, 4) is 11.5 Å². The van der Waals surface area contributed by atoms with E-state index in [1.807, 2.05) is 50.3 Å². The van der Waals surface area contributed by atoms with Crippen LogP contribution in [-0.4, -0.2) is 62.2 Å². The Hall–Kier alpha value is -2.70. The zero-order valence-corrected chi connectivity index (χ0v) is 26.7. The van der Waals surface area contributed by atoms with Crippen molar-refractivity contribution in [1.82, 2.24) is 4.90 Å². The third-order valence-corrected chi connectivity index (χ3v) is 12.1. The van der Waals surface area contributed by atoms with E-state index < -0.39 is 50.5 Å². The van der Waals surface area contributed by atoms with Crippen LogP contribution in [0.25, 0.3) is 0 Å². The number of carbonyl (C=O) groups is 2. The summed E-state index contributed by atoms with van der Waals surface area (Å²) in [6.45, 7) is 12.3. The van der Waals surface area contributed by atoms with Crippen LogP contribution in [-0.2, 0) is 25.2 Å². The molecule has 0 aromatic heterocycles. The Bertz CT molecular complexity index is 1330. The van der Waals surface area contributed by atoms with Gasteiger partial charge in [-0.3, -0.25) is 4.79 Å². The number of fused-ring (bicyclic) bond motifs is 2. The highest BCUT2D eigenvalue weighted by Crippen LogP contribution is 2.41. The molecule has 0 saturated carbocycles. The summed E-state index contributed by atoms with van der Waals surface area (Å²) in [7, 11) is -2.08. The maximum atomic E-state index is 14.2. The second-order valence-corrected chi connectivity index (χ2v) is 17.1. The predicted molar refractivity (Wildman–Crippen MR) is 157 cm³/mol. The molecule has 1 fully saturated rings. The standard InChI is InChI=1S/C30H36BrNO8Si/c1-18(2)41(5,6)40-23-13-12-22(26-27(23)39-30(3,4)38-26)32(29(34)35-16-19-10-8-7-9-11-19)28(33)20-14-24-25(15-21(20)31)37-17-36-24/h7-15,18,22-23,26-27H,16-17H2,1-6H3/t22-,23+,26+,27-/m1/s1. The first-order valence-corrected chi connectivity index (χ1v) is 17.5. The molecule has 0 unspecified atom stereocenters. The van der Waals surface area contributed by atoms with Crippen molar-refractivity contribution >= 4 is 36.2 Å². The first-order valence-electron chi connectivity index (χ1n) is 13.7. The minimum Gasteiger partial charge on any atom is -0.454 e. The SMILES string of the molecule is CC(C)[Si](C)(C)O[C@H]1C=C[C@@H](N(C(=O)OCc2ccccc2)C(=O)c2cc3c(cc2Br)OCO3)[C@@H]2OC(C)(C)O[C@@H]21. The highest BCUT2D eigenvalue weighted by atomic mass is 79.9. The largest absolute Gasteiger partial charge is 0.454 e. The fourth-order valence-corrected chi connectivity index (χ4v) is 6.62. The van der Waals surface area contributed by atoms with Crippen LogP contribution < -0.4 is 9.47 Å². The van der Waals surface area contributed by atoms with E-state index in [4.69, 9.17) is 28.1 Å². The molecule has 2 heterocycles. The van der Waals surface area contributed by atoms with E-state index in [0.29, 0.717) is 21.5 Å². The number of imide groups is 1. The average molecular weight is 647 g/mol. The van der Waals surface area contributed by atoms with Crippen LogP contribution in [0.4, 0.5) is 4.79 Å². The quantitative estimate of drug-likeness (QED) is 0.252. The molecule has 41 heavy (non-hydrogen) atoms. The molecule has 0 N–H and O–H groups in total. The summed E-state index contributed by atoms with van der Waals surface area (Å²) in [6, 6.07) is 11.7. The summed E-state index contributed by atoms with van der Waals surface area (Å²) in [6.07, 6.45) is 1.26. The number of rotatable bonds is 7. The molecule has 5 rings (SSSR count). The normalized spacial score (nSPS) is 24.3. The Morgan fingerprint density at radius 1 is 1.05 bits per heavy atom. The van der Waals surface area contributed by atoms with Gasteiger partial charge in [0.25, 0.3) is 5.91 Å². The summed E-state index contributed by atoms with van der Waals surface area (Å²) in [4.78, 5) is 29.1. The Kier molecular flexibility index (Phi) is 8.37. The molecule has 1 aliphatic carbocycles. The molecule has 2 aliphatic heterocycles. The maximum Gasteiger partial charge on any atom is 0.417 e. The summed E-state index contributed by atoms with van der Waals surface area (Å²) in [5.41, 5.74) is 1.39. The zero-order valence-electron chi connectivity index (χ0n) is 24.1. The van der Waals surface area contributed by atoms with Gasteiger partial charge in [-0.25, -0.2) is 9.69 Å². The van der Waals surface area contributed by atoms with Crippen LogP contribution in [0.15, 0.2) is 59.1 Å². The molecule has 3 aliphatic rings. The van der Waals surface area contributed by atoms with Gasteiger partial charge in [-0.2, -0.15) is 0 Å². The molecule has 0 radical (unpaired) electrons. The highest BCUT2D eigenvalue weighted by Gasteiger charge is 2.54. The topological polar surface area (TPSA) is 92.8 Å². The number of halogens is 1. The summed E-state index contributed by atoms with van der Waals surface area (Å²) in [5, 5.41) is 0. The molecule has 2 aromatic rings. The number of hydrogen-bond acceptors (Lipinski definition) is 8. The lowest BCUT2D eigenvalue weighted by Crippen LogP contribution is -2.57. The summed E-state index contributed by atoms with van der Waals surface area (Å²) >= 11 is 3.47. The molecule has 0 spiro atoms. The average Bonchev–Trinajstić information content (AvgIpc) is 3.51. The lowest BCUT2D eigenvalue weighted by atomic mass is 9.93. The number of benzene rings is 2. The van der Waals surface area contributed by atoms with Crippen LogP contribution in [0.2, 0.25) is 18.6 Å². The Balaban J connectivity index is 1.51. The fraction of sp³-hybridized carbons (Fsp3) is 0.467. The van der Waals surface area contributed by atoms with Gasteiger partial charge in [0, 0.05) is 4.47 Å². The molecule has 9 nitrogen and oxygen atoms in total. The van der Waals surface area contributed by atoms with Gasteiger partial charge in [0.05, 0.1) is 17.7 Å². The Labute approximate surface area is 249 Å². The van der Waals surface area contributed by atoms with E-state index >= 15 is 0 Å². The molecule has 11 heteroatoms. The molecular formula is C30H36BrNO8Si. The van der Waals surface area contributed by atoms with E-state index in [1.165, 1.54) is 0 Å². The van der Waals surface area contributed by atoms with Crippen LogP contribution in [0.1, 0.15) is 43.6 Å². The van der Waals surface area contributed by atoms with Crippen molar-refractivity contribution in [2.24, 2.45) is 0 Å². The number of hydrogen-bond donors (Lipinski definition) is 0. The fourth-order valence-electron chi connectivity index (χ4n) is 4.94. The highest BCUT2D eigenvalue weighted by molar-refractivity contribution is 9.10. The Morgan fingerprint density at radius 2 is 1.71 bits per heavy atom. The molecule has 2 amide bonds. The van der Waals surface area contributed by atoms with Crippen LogP contribution >= 0.6 is 15.9 Å². The zero-order chi connectivity index (χ0) is 29.5. The Morgan fingerprint density at radius 3 is 2.39 bits per heavy atom. The van der Waals surface area contributed by atoms with Crippen molar-refractivity contribution < 1.29 is 37.7 Å². The lowest BCUT2D eigenvalue weighted by molar-refractivity contribution is -0.153. The van der Waals surface area contributed by atoms with Gasteiger partial charge in [0.1, 0.15) is 18.8 Å². The second-order valence-electron chi connectivity index (χ2n) is 11.7. The van der Waals surface area contributed by atoms with Gasteiger partial charge < -0.3 is 28.1 Å². The van der Waals surface area contributed by atoms with Crippen molar-refractivity contribution in [3.05, 3.63) is 70.2 Å². The predicted octanol–water partition coefficient (Wildman–Crippen LogP) is 6.42. The molecule has 4 atom stereocenters. The molecule has 220 valence electrons. The first-order chi connectivity index (χ1) is 19.4. The number of ether oxygens (including phenoxy) is 5. The van der Waals surface area contributed by atoms with Gasteiger partial charge in [-0.05, 0) is 66.1 Å². The van der Waals surface area contributed by atoms with Crippen molar-refractivity contribution in [2.45, 2.75) is 83.1 Å². The maximum absolute atomic E-state index is 14.2. The van der Waals surface area contributed by atoms with E-state index in [-0.39, 0.29) is 19.0 Å². The second kappa shape index (κ2) is 11.5. The number of carbonyl (C=O) groups excluding carboxylic acids is 2.